The van der Waals surface area contributed by atoms with E-state index in [2.05, 4.69) is 20.6 Å². The average Bonchev–Trinajstić information content (AvgIpc) is 2.76. The number of hydrogen-bond donors (Lipinski definition) is 2. The highest BCUT2D eigenvalue weighted by Gasteiger charge is 2.41. The van der Waals surface area contributed by atoms with E-state index in [4.69, 9.17) is 25.8 Å². The van der Waals surface area contributed by atoms with Crippen LogP contribution in [-0.2, 0) is 14.2 Å². The van der Waals surface area contributed by atoms with E-state index in [0.717, 1.165) is 0 Å². The molecule has 8 nitrogen and oxygen atoms in total. The summed E-state index contributed by atoms with van der Waals surface area (Å²) in [5.41, 5.74) is -0.552. The Kier molecular flexibility index (Phi) is 6.08. The van der Waals surface area contributed by atoms with E-state index in [1.165, 1.54) is 0 Å². The quantitative estimate of drug-likeness (QED) is 0.767. The second-order valence-electron chi connectivity index (χ2n) is 7.19. The van der Waals surface area contributed by atoms with Gasteiger partial charge in [0.2, 0.25) is 5.28 Å². The number of halogens is 1. The first-order valence-electron chi connectivity index (χ1n) is 8.09. The SMILES string of the molecule is CC(C)(C)OC(=O)NC[C@@H]1OC(C)(C)OC1CNc1ccnc(Cl)n1. The fraction of sp³-hybridized carbons (Fsp3) is 0.688. The van der Waals surface area contributed by atoms with Gasteiger partial charge < -0.3 is 24.8 Å². The summed E-state index contributed by atoms with van der Waals surface area (Å²) in [4.78, 5) is 19.7. The molecule has 2 rings (SSSR count). The number of aromatic nitrogens is 2. The van der Waals surface area contributed by atoms with E-state index in [9.17, 15) is 4.79 Å². The van der Waals surface area contributed by atoms with Gasteiger partial charge in [-0.2, -0.15) is 0 Å². The number of carbonyl (C=O) groups excluding carboxylic acids is 1. The van der Waals surface area contributed by atoms with Crippen LogP contribution in [0.3, 0.4) is 0 Å². The summed E-state index contributed by atoms with van der Waals surface area (Å²) in [7, 11) is 0. The van der Waals surface area contributed by atoms with E-state index in [0.29, 0.717) is 12.4 Å². The molecule has 140 valence electrons. The van der Waals surface area contributed by atoms with Crippen LogP contribution in [0.5, 0.6) is 0 Å². The third-order valence-corrected chi connectivity index (χ3v) is 3.42. The lowest BCUT2D eigenvalue weighted by atomic mass is 10.2. The highest BCUT2D eigenvalue weighted by Crippen LogP contribution is 2.28. The number of ether oxygens (including phenoxy) is 3. The average molecular weight is 373 g/mol. The molecule has 0 bridgehead atoms. The molecule has 0 aromatic carbocycles. The van der Waals surface area contributed by atoms with Gasteiger partial charge in [-0.3, -0.25) is 0 Å². The second-order valence-corrected chi connectivity index (χ2v) is 7.53. The Hall–Kier alpha value is -1.64. The first-order chi connectivity index (χ1) is 11.5. The van der Waals surface area contributed by atoms with Crippen LogP contribution in [-0.4, -0.2) is 52.7 Å². The van der Waals surface area contributed by atoms with Gasteiger partial charge in [-0.05, 0) is 52.3 Å². The molecule has 2 atom stereocenters. The van der Waals surface area contributed by atoms with Crippen molar-refractivity contribution in [2.75, 3.05) is 18.4 Å². The zero-order chi connectivity index (χ0) is 18.7. The van der Waals surface area contributed by atoms with Gasteiger partial charge in [-0.15, -0.1) is 0 Å². The van der Waals surface area contributed by atoms with E-state index < -0.39 is 17.5 Å². The Bertz CT molecular complexity index is 606. The maximum Gasteiger partial charge on any atom is 0.407 e. The number of nitrogens with zero attached hydrogens (tertiary/aromatic N) is 2. The van der Waals surface area contributed by atoms with Crippen LogP contribution in [0.15, 0.2) is 12.3 Å². The summed E-state index contributed by atoms with van der Waals surface area (Å²) in [5, 5.41) is 6.02. The van der Waals surface area contributed by atoms with Crippen molar-refractivity contribution in [1.82, 2.24) is 15.3 Å². The van der Waals surface area contributed by atoms with Crippen LogP contribution in [0.1, 0.15) is 34.6 Å². The predicted molar refractivity (Wildman–Crippen MR) is 93.6 cm³/mol. The van der Waals surface area contributed by atoms with Crippen LogP contribution in [0.25, 0.3) is 0 Å². The van der Waals surface area contributed by atoms with E-state index in [-0.39, 0.29) is 24.0 Å². The molecule has 0 radical (unpaired) electrons. The molecule has 1 aliphatic rings. The van der Waals surface area contributed by atoms with Crippen LogP contribution < -0.4 is 10.6 Å². The van der Waals surface area contributed by atoms with Gasteiger partial charge in [0.1, 0.15) is 23.6 Å². The third-order valence-electron chi connectivity index (χ3n) is 3.24. The monoisotopic (exact) mass is 372 g/mol. The van der Waals surface area contributed by atoms with Crippen LogP contribution >= 0.6 is 11.6 Å². The van der Waals surface area contributed by atoms with Gasteiger partial charge in [0.15, 0.2) is 5.79 Å². The number of anilines is 1. The highest BCUT2D eigenvalue weighted by atomic mass is 35.5. The minimum Gasteiger partial charge on any atom is -0.444 e. The smallest absolute Gasteiger partial charge is 0.407 e. The van der Waals surface area contributed by atoms with Gasteiger partial charge in [-0.25, -0.2) is 14.8 Å². The van der Waals surface area contributed by atoms with E-state index in [1.807, 2.05) is 34.6 Å². The van der Waals surface area contributed by atoms with Crippen molar-refractivity contribution in [1.29, 1.82) is 0 Å². The normalized spacial score (nSPS) is 22.5. The predicted octanol–water partition coefficient (Wildman–Crippen LogP) is 2.59. The van der Waals surface area contributed by atoms with Crippen molar-refractivity contribution in [2.45, 2.75) is 58.2 Å². The molecule has 2 heterocycles. The van der Waals surface area contributed by atoms with Gasteiger partial charge in [0, 0.05) is 19.3 Å². The van der Waals surface area contributed by atoms with Gasteiger partial charge in [-0.1, -0.05) is 0 Å². The van der Waals surface area contributed by atoms with Gasteiger partial charge in [0.25, 0.3) is 0 Å². The molecule has 1 aliphatic heterocycles. The largest absolute Gasteiger partial charge is 0.444 e. The summed E-state index contributed by atoms with van der Waals surface area (Å²) in [6, 6.07) is 1.71. The molecule has 1 unspecified atom stereocenters. The topological polar surface area (TPSA) is 94.6 Å². The number of nitrogens with one attached hydrogen (secondary N) is 2. The molecular weight excluding hydrogens is 348 g/mol. The van der Waals surface area contributed by atoms with E-state index >= 15 is 0 Å². The van der Waals surface area contributed by atoms with Crippen molar-refractivity contribution >= 4 is 23.5 Å². The minimum absolute atomic E-state index is 0.164. The number of alkyl carbamates (subject to hydrolysis) is 1. The molecule has 0 aliphatic carbocycles. The van der Waals surface area contributed by atoms with Crippen molar-refractivity contribution < 1.29 is 19.0 Å². The van der Waals surface area contributed by atoms with Crippen molar-refractivity contribution in [3.8, 4) is 0 Å². The summed E-state index contributed by atoms with van der Waals surface area (Å²) < 4.78 is 17.0. The lowest BCUT2D eigenvalue weighted by molar-refractivity contribution is -0.144. The number of amides is 1. The summed E-state index contributed by atoms with van der Waals surface area (Å²) >= 11 is 5.77. The second kappa shape index (κ2) is 7.72. The van der Waals surface area contributed by atoms with Crippen molar-refractivity contribution in [3.63, 3.8) is 0 Å². The maximum atomic E-state index is 11.8. The van der Waals surface area contributed by atoms with Crippen molar-refractivity contribution in [3.05, 3.63) is 17.5 Å². The molecule has 0 saturated carbocycles. The summed E-state index contributed by atoms with van der Waals surface area (Å²) in [5.74, 6) is -0.150. The molecular formula is C16H25ClN4O4. The summed E-state index contributed by atoms with van der Waals surface area (Å²) in [6.45, 7) is 9.80. The zero-order valence-electron chi connectivity index (χ0n) is 15.1. The third kappa shape index (κ3) is 6.64. The molecule has 25 heavy (non-hydrogen) atoms. The molecule has 1 amide bonds. The molecule has 2 N–H and O–H groups in total. The lowest BCUT2D eigenvalue weighted by Gasteiger charge is -2.22. The van der Waals surface area contributed by atoms with Crippen molar-refractivity contribution in [2.24, 2.45) is 0 Å². The Morgan fingerprint density at radius 3 is 2.56 bits per heavy atom. The summed E-state index contributed by atoms with van der Waals surface area (Å²) in [6.07, 6.45) is 0.468. The first-order valence-corrected chi connectivity index (χ1v) is 8.47. The Balaban J connectivity index is 1.90. The van der Waals surface area contributed by atoms with E-state index in [1.54, 1.807) is 12.3 Å². The maximum absolute atomic E-state index is 11.8. The molecule has 1 aromatic rings. The molecule has 1 saturated heterocycles. The molecule has 1 fully saturated rings. The lowest BCUT2D eigenvalue weighted by Crippen LogP contribution is -2.42. The molecule has 1 aromatic heterocycles. The number of hydrogen-bond acceptors (Lipinski definition) is 7. The Morgan fingerprint density at radius 2 is 1.96 bits per heavy atom. The Morgan fingerprint density at radius 1 is 1.32 bits per heavy atom. The fourth-order valence-electron chi connectivity index (χ4n) is 2.39. The minimum atomic E-state index is -0.740. The fourth-order valence-corrected chi connectivity index (χ4v) is 2.54. The van der Waals surface area contributed by atoms with Crippen LogP contribution in [0.4, 0.5) is 10.6 Å². The zero-order valence-corrected chi connectivity index (χ0v) is 15.9. The van der Waals surface area contributed by atoms with Gasteiger partial charge in [0.05, 0.1) is 0 Å². The number of rotatable bonds is 5. The van der Waals surface area contributed by atoms with Crippen LogP contribution in [0.2, 0.25) is 5.28 Å². The molecule has 0 spiro atoms. The number of carbonyl (C=O) groups is 1. The van der Waals surface area contributed by atoms with Gasteiger partial charge >= 0.3 is 6.09 Å². The Labute approximate surface area is 152 Å². The standard InChI is InChI=1S/C16H25ClN4O4/c1-15(2,3)25-14(22)20-9-11-10(23-16(4,5)24-11)8-19-12-6-7-18-13(17)21-12/h6-7,10-11H,8-9H2,1-5H3,(H,20,22)(H,18,19,21)/t10?,11-/m0/s1. The first kappa shape index (κ1) is 19.7. The van der Waals surface area contributed by atoms with Crippen LogP contribution in [0, 0.1) is 0 Å². The highest BCUT2D eigenvalue weighted by molar-refractivity contribution is 6.28. The molecule has 9 heteroatoms.